The van der Waals surface area contributed by atoms with Gasteiger partial charge in [0.05, 0.1) is 11.3 Å². The highest BCUT2D eigenvalue weighted by Crippen LogP contribution is 2.22. The molecule has 0 radical (unpaired) electrons. The minimum Gasteiger partial charge on any atom is -0.303 e. The van der Waals surface area contributed by atoms with Crippen molar-refractivity contribution in [3.63, 3.8) is 0 Å². The Hall–Kier alpha value is -1.37. The van der Waals surface area contributed by atoms with E-state index in [1.807, 2.05) is 0 Å². The molecular formula is C10H11F3N2OS. The van der Waals surface area contributed by atoms with Crippen LogP contribution >= 0.6 is 11.3 Å². The van der Waals surface area contributed by atoms with Crippen LogP contribution < -0.4 is 0 Å². The van der Waals surface area contributed by atoms with Crippen molar-refractivity contribution in [2.75, 3.05) is 14.1 Å². The number of nitrogens with zero attached hydrogens (tertiary/aromatic N) is 2. The minimum absolute atomic E-state index is 0.306. The van der Waals surface area contributed by atoms with Crippen molar-refractivity contribution in [3.8, 4) is 0 Å². The first kappa shape index (κ1) is 13.7. The lowest BCUT2D eigenvalue weighted by atomic mass is 10.1. The van der Waals surface area contributed by atoms with Crippen molar-refractivity contribution < 1.29 is 18.0 Å². The fourth-order valence-corrected chi connectivity index (χ4v) is 1.77. The van der Waals surface area contributed by atoms with Crippen molar-refractivity contribution in [1.29, 1.82) is 0 Å². The van der Waals surface area contributed by atoms with Gasteiger partial charge in [0.2, 0.25) is 0 Å². The Morgan fingerprint density at radius 2 is 2.12 bits per heavy atom. The molecule has 3 nitrogen and oxygen atoms in total. The first-order chi connectivity index (χ1) is 7.80. The second kappa shape index (κ2) is 5.31. The molecule has 0 spiro atoms. The maximum atomic E-state index is 12.6. The molecule has 7 heteroatoms. The number of hydrogen-bond acceptors (Lipinski definition) is 4. The van der Waals surface area contributed by atoms with Crippen LogP contribution in [0.3, 0.4) is 0 Å². The van der Waals surface area contributed by atoms with E-state index in [-0.39, 0.29) is 0 Å². The van der Waals surface area contributed by atoms with Crippen LogP contribution in [0.1, 0.15) is 16.1 Å². The molecule has 1 heterocycles. The van der Waals surface area contributed by atoms with Crippen LogP contribution in [-0.2, 0) is 0 Å². The number of hydrazone groups is 1. The van der Waals surface area contributed by atoms with Crippen molar-refractivity contribution in [2.24, 2.45) is 5.10 Å². The zero-order valence-corrected chi connectivity index (χ0v) is 10.1. The van der Waals surface area contributed by atoms with Crippen LogP contribution in [0.5, 0.6) is 0 Å². The van der Waals surface area contributed by atoms with E-state index in [0.717, 1.165) is 16.3 Å². The average Bonchev–Trinajstić information content (AvgIpc) is 2.66. The van der Waals surface area contributed by atoms with Crippen LogP contribution in [0.4, 0.5) is 13.2 Å². The minimum atomic E-state index is -4.59. The number of Topliss-reactive ketones (excluding diaryl/α,β-unsaturated/α-hetero) is 1. The second-order valence-corrected chi connectivity index (χ2v) is 4.42. The third-order valence-corrected chi connectivity index (χ3v) is 2.68. The normalized spacial score (nSPS) is 12.6. The average molecular weight is 264 g/mol. The Morgan fingerprint density at radius 3 is 2.53 bits per heavy atom. The molecule has 0 atom stereocenters. The summed E-state index contributed by atoms with van der Waals surface area (Å²) >= 11 is 1.12. The molecule has 0 aliphatic carbocycles. The van der Waals surface area contributed by atoms with E-state index < -0.39 is 24.1 Å². The molecule has 0 unspecified atom stereocenters. The topological polar surface area (TPSA) is 32.7 Å². The van der Waals surface area contributed by atoms with Gasteiger partial charge in [0, 0.05) is 14.1 Å². The molecule has 0 aliphatic heterocycles. The molecule has 94 valence electrons. The number of carbonyl (C=O) groups is 1. The van der Waals surface area contributed by atoms with Gasteiger partial charge < -0.3 is 5.01 Å². The van der Waals surface area contributed by atoms with Gasteiger partial charge in [-0.25, -0.2) is 0 Å². The lowest BCUT2D eigenvalue weighted by molar-refractivity contribution is -0.0613. The second-order valence-electron chi connectivity index (χ2n) is 3.47. The Bertz CT molecular complexity index is 410. The Morgan fingerprint density at radius 1 is 1.47 bits per heavy atom. The van der Waals surface area contributed by atoms with Gasteiger partial charge in [-0.2, -0.15) is 18.3 Å². The van der Waals surface area contributed by atoms with Crippen LogP contribution in [0.15, 0.2) is 22.6 Å². The summed E-state index contributed by atoms with van der Waals surface area (Å²) in [7, 11) is 2.75. The molecule has 17 heavy (non-hydrogen) atoms. The van der Waals surface area contributed by atoms with Gasteiger partial charge >= 0.3 is 6.18 Å². The summed E-state index contributed by atoms with van der Waals surface area (Å²) in [6.07, 6.45) is -5.32. The van der Waals surface area contributed by atoms with E-state index in [1.165, 1.54) is 20.2 Å². The van der Waals surface area contributed by atoms with E-state index in [0.29, 0.717) is 4.88 Å². The fourth-order valence-electron chi connectivity index (χ4n) is 1.11. The van der Waals surface area contributed by atoms with Crippen molar-refractivity contribution >= 4 is 22.8 Å². The zero-order valence-electron chi connectivity index (χ0n) is 9.28. The Labute approximate surface area is 101 Å². The number of rotatable bonds is 4. The predicted octanol–water partition coefficient (Wildman–Crippen LogP) is 2.80. The highest BCUT2D eigenvalue weighted by Gasteiger charge is 2.37. The predicted molar refractivity (Wildman–Crippen MR) is 60.4 cm³/mol. The summed E-state index contributed by atoms with van der Waals surface area (Å²) in [5, 5.41) is 5.98. The van der Waals surface area contributed by atoms with Crippen molar-refractivity contribution in [2.45, 2.75) is 12.6 Å². The number of alkyl halides is 3. The third-order valence-electron chi connectivity index (χ3n) is 1.77. The Kier molecular flexibility index (Phi) is 4.28. The number of halogens is 3. The molecule has 0 saturated carbocycles. The van der Waals surface area contributed by atoms with Crippen LogP contribution in [0.25, 0.3) is 0 Å². The van der Waals surface area contributed by atoms with Gasteiger partial charge in [0.25, 0.3) is 0 Å². The third kappa shape index (κ3) is 4.18. The van der Waals surface area contributed by atoms with Crippen molar-refractivity contribution in [1.82, 2.24) is 5.01 Å². The van der Waals surface area contributed by atoms with Gasteiger partial charge in [-0.1, -0.05) is 6.07 Å². The molecule has 0 saturated heterocycles. The highest BCUT2D eigenvalue weighted by molar-refractivity contribution is 7.12. The molecule has 0 fully saturated rings. The van der Waals surface area contributed by atoms with Gasteiger partial charge in [0.15, 0.2) is 5.78 Å². The molecule has 0 N–H and O–H groups in total. The standard InChI is InChI=1S/C10H11F3N2OS/c1-15(2)14-9(10(11,12)13)6-7(16)8-4-3-5-17-8/h3-5H,6H2,1-2H3/b14-9+. The Balaban J connectivity index is 2.85. The summed E-state index contributed by atoms with van der Waals surface area (Å²) in [6.45, 7) is 0. The van der Waals surface area contributed by atoms with Gasteiger partial charge in [-0.05, 0) is 11.4 Å². The van der Waals surface area contributed by atoms with E-state index >= 15 is 0 Å². The summed E-state index contributed by atoms with van der Waals surface area (Å²) in [4.78, 5) is 11.9. The summed E-state index contributed by atoms with van der Waals surface area (Å²) in [6, 6.07) is 3.12. The number of thiophene rings is 1. The van der Waals surface area contributed by atoms with Gasteiger partial charge in [-0.15, -0.1) is 11.3 Å². The molecule has 0 amide bonds. The first-order valence-corrected chi connectivity index (χ1v) is 5.57. The maximum absolute atomic E-state index is 12.6. The number of hydrogen-bond donors (Lipinski definition) is 0. The zero-order chi connectivity index (χ0) is 13.1. The lowest BCUT2D eigenvalue weighted by Crippen LogP contribution is -2.28. The van der Waals surface area contributed by atoms with E-state index in [9.17, 15) is 18.0 Å². The SMILES string of the molecule is CN(C)/N=C(\CC(=O)c1cccs1)C(F)(F)F. The number of ketones is 1. The van der Waals surface area contributed by atoms with Crippen LogP contribution in [0.2, 0.25) is 0 Å². The van der Waals surface area contributed by atoms with E-state index in [2.05, 4.69) is 5.10 Å². The van der Waals surface area contributed by atoms with E-state index in [1.54, 1.807) is 11.4 Å². The van der Waals surface area contributed by atoms with E-state index in [4.69, 9.17) is 0 Å². The van der Waals surface area contributed by atoms with Crippen LogP contribution in [-0.4, -0.2) is 36.8 Å². The smallest absolute Gasteiger partial charge is 0.303 e. The molecule has 0 aliphatic rings. The van der Waals surface area contributed by atoms with Gasteiger partial charge in [-0.3, -0.25) is 4.79 Å². The summed E-state index contributed by atoms with van der Waals surface area (Å²) in [5.74, 6) is -0.571. The first-order valence-electron chi connectivity index (χ1n) is 4.69. The summed E-state index contributed by atoms with van der Waals surface area (Å²) < 4.78 is 37.7. The number of carbonyl (C=O) groups excluding carboxylic acids is 1. The molecule has 1 aromatic rings. The van der Waals surface area contributed by atoms with Crippen molar-refractivity contribution in [3.05, 3.63) is 22.4 Å². The largest absolute Gasteiger partial charge is 0.431 e. The fraction of sp³-hybridized carbons (Fsp3) is 0.400. The molecule has 0 bridgehead atoms. The highest BCUT2D eigenvalue weighted by atomic mass is 32.1. The monoisotopic (exact) mass is 264 g/mol. The molecular weight excluding hydrogens is 253 g/mol. The lowest BCUT2D eigenvalue weighted by Gasteiger charge is -2.12. The summed E-state index contributed by atoms with van der Waals surface area (Å²) in [5.41, 5.74) is -1.08. The molecule has 0 aromatic carbocycles. The maximum Gasteiger partial charge on any atom is 0.431 e. The molecule has 1 aromatic heterocycles. The molecule has 1 rings (SSSR count). The van der Waals surface area contributed by atoms with Gasteiger partial charge in [0.1, 0.15) is 5.71 Å². The van der Waals surface area contributed by atoms with Crippen LogP contribution in [0, 0.1) is 0 Å². The quantitative estimate of drug-likeness (QED) is 0.476.